The normalized spacial score (nSPS) is 11.1. The Morgan fingerprint density at radius 1 is 1.18 bits per heavy atom. The molecule has 0 amide bonds. The zero-order valence-corrected chi connectivity index (χ0v) is 10.7. The Labute approximate surface area is 102 Å². The van der Waals surface area contributed by atoms with E-state index in [9.17, 15) is 9.59 Å². The number of Topliss-reactive ketones (excluding diaryl/α,β-unsaturated/α-hetero) is 1. The first-order valence-corrected chi connectivity index (χ1v) is 5.60. The molecule has 0 spiro atoms. The minimum Gasteiger partial charge on any atom is -0.426 e. The second kappa shape index (κ2) is 5.13. The molecule has 1 aromatic carbocycles. The topological polar surface area (TPSA) is 43.4 Å². The van der Waals surface area contributed by atoms with Gasteiger partial charge < -0.3 is 4.74 Å². The van der Waals surface area contributed by atoms with Crippen LogP contribution in [-0.4, -0.2) is 11.8 Å². The van der Waals surface area contributed by atoms with E-state index >= 15 is 0 Å². The lowest BCUT2D eigenvalue weighted by Gasteiger charge is -2.17. The van der Waals surface area contributed by atoms with Crippen LogP contribution in [0, 0.1) is 5.41 Å². The molecule has 0 N–H and O–H groups in total. The van der Waals surface area contributed by atoms with Crippen LogP contribution in [0.3, 0.4) is 0 Å². The summed E-state index contributed by atoms with van der Waals surface area (Å²) in [5.74, 6) is -0.0791. The van der Waals surface area contributed by atoms with E-state index in [0.717, 1.165) is 0 Å². The van der Waals surface area contributed by atoms with Crippen LogP contribution in [0.1, 0.15) is 44.5 Å². The monoisotopic (exact) mass is 234 g/mol. The Morgan fingerprint density at radius 3 is 2.29 bits per heavy atom. The number of rotatable bonds is 3. The SMILES string of the molecule is CC(=O)Oc1ccccc1C(=O)CC(C)(C)C. The number of carbonyl (C=O) groups is 2. The van der Waals surface area contributed by atoms with Gasteiger partial charge in [-0.05, 0) is 17.5 Å². The van der Waals surface area contributed by atoms with Gasteiger partial charge in [-0.2, -0.15) is 0 Å². The lowest BCUT2D eigenvalue weighted by atomic mass is 9.87. The molecule has 0 atom stereocenters. The Hall–Kier alpha value is -1.64. The number of hydrogen-bond donors (Lipinski definition) is 0. The third-order valence-corrected chi connectivity index (χ3v) is 2.13. The van der Waals surface area contributed by atoms with Gasteiger partial charge in [0, 0.05) is 13.3 Å². The van der Waals surface area contributed by atoms with Crippen molar-refractivity contribution in [2.24, 2.45) is 5.41 Å². The standard InChI is InChI=1S/C14H18O3/c1-10(15)17-13-8-6-5-7-11(13)12(16)9-14(2,3)4/h5-8H,9H2,1-4H3. The van der Waals surface area contributed by atoms with Crippen molar-refractivity contribution < 1.29 is 14.3 Å². The van der Waals surface area contributed by atoms with Crippen LogP contribution >= 0.6 is 0 Å². The lowest BCUT2D eigenvalue weighted by Crippen LogP contribution is -2.14. The van der Waals surface area contributed by atoms with E-state index in [4.69, 9.17) is 4.74 Å². The van der Waals surface area contributed by atoms with Crippen LogP contribution in [0.5, 0.6) is 5.75 Å². The maximum Gasteiger partial charge on any atom is 0.308 e. The van der Waals surface area contributed by atoms with Crippen molar-refractivity contribution >= 4 is 11.8 Å². The molecule has 0 bridgehead atoms. The third-order valence-electron chi connectivity index (χ3n) is 2.13. The quantitative estimate of drug-likeness (QED) is 0.458. The van der Waals surface area contributed by atoms with Gasteiger partial charge in [0.2, 0.25) is 0 Å². The number of hydrogen-bond acceptors (Lipinski definition) is 3. The highest BCUT2D eigenvalue weighted by Crippen LogP contribution is 2.26. The average molecular weight is 234 g/mol. The maximum absolute atomic E-state index is 12.1. The van der Waals surface area contributed by atoms with Crippen LogP contribution in [0.4, 0.5) is 0 Å². The smallest absolute Gasteiger partial charge is 0.308 e. The van der Waals surface area contributed by atoms with Crippen molar-refractivity contribution in [2.45, 2.75) is 34.1 Å². The van der Waals surface area contributed by atoms with Crippen LogP contribution in [0.25, 0.3) is 0 Å². The summed E-state index contributed by atoms with van der Waals surface area (Å²) < 4.78 is 5.02. The largest absolute Gasteiger partial charge is 0.426 e. The van der Waals surface area contributed by atoms with E-state index < -0.39 is 5.97 Å². The van der Waals surface area contributed by atoms with Gasteiger partial charge in [0.1, 0.15) is 5.75 Å². The summed E-state index contributed by atoms with van der Waals surface area (Å²) >= 11 is 0. The fourth-order valence-electron chi connectivity index (χ4n) is 1.52. The molecule has 0 saturated carbocycles. The molecule has 92 valence electrons. The van der Waals surface area contributed by atoms with Gasteiger partial charge in [0.15, 0.2) is 5.78 Å². The Bertz CT molecular complexity index is 427. The number of para-hydroxylation sites is 1. The average Bonchev–Trinajstić information content (AvgIpc) is 2.14. The molecular formula is C14H18O3. The summed E-state index contributed by atoms with van der Waals surface area (Å²) in [4.78, 5) is 23.0. The highest BCUT2D eigenvalue weighted by molar-refractivity contribution is 5.99. The zero-order chi connectivity index (χ0) is 13.1. The molecule has 0 unspecified atom stereocenters. The van der Waals surface area contributed by atoms with Gasteiger partial charge in [-0.3, -0.25) is 9.59 Å². The molecule has 0 aliphatic rings. The predicted molar refractivity (Wildman–Crippen MR) is 66.2 cm³/mol. The second-order valence-corrected chi connectivity index (χ2v) is 5.25. The zero-order valence-electron chi connectivity index (χ0n) is 10.7. The highest BCUT2D eigenvalue weighted by Gasteiger charge is 2.20. The van der Waals surface area contributed by atoms with Crippen LogP contribution in [-0.2, 0) is 4.79 Å². The van der Waals surface area contributed by atoms with Gasteiger partial charge in [-0.15, -0.1) is 0 Å². The molecule has 17 heavy (non-hydrogen) atoms. The van der Waals surface area contributed by atoms with Crippen LogP contribution in [0.15, 0.2) is 24.3 Å². The van der Waals surface area contributed by atoms with Crippen molar-refractivity contribution in [1.82, 2.24) is 0 Å². The minimum atomic E-state index is -0.416. The van der Waals surface area contributed by atoms with Crippen molar-refractivity contribution in [2.75, 3.05) is 0 Å². The van der Waals surface area contributed by atoms with E-state index in [2.05, 4.69) is 0 Å². The first-order valence-electron chi connectivity index (χ1n) is 5.60. The number of esters is 1. The van der Waals surface area contributed by atoms with Gasteiger partial charge in [-0.25, -0.2) is 0 Å². The lowest BCUT2D eigenvalue weighted by molar-refractivity contribution is -0.131. The molecule has 0 saturated heterocycles. The van der Waals surface area contributed by atoms with E-state index in [1.165, 1.54) is 6.92 Å². The molecule has 0 heterocycles. The van der Waals surface area contributed by atoms with E-state index in [1.54, 1.807) is 24.3 Å². The molecule has 3 heteroatoms. The van der Waals surface area contributed by atoms with Crippen LogP contribution < -0.4 is 4.74 Å². The molecule has 0 radical (unpaired) electrons. The molecule has 1 aromatic rings. The molecule has 1 rings (SSSR count). The Balaban J connectivity index is 2.97. The second-order valence-electron chi connectivity index (χ2n) is 5.25. The summed E-state index contributed by atoms with van der Waals surface area (Å²) in [6.45, 7) is 7.32. The van der Waals surface area contributed by atoms with Gasteiger partial charge in [0.05, 0.1) is 5.56 Å². The van der Waals surface area contributed by atoms with Gasteiger partial charge >= 0.3 is 5.97 Å². The minimum absolute atomic E-state index is 0.00523. The van der Waals surface area contributed by atoms with Gasteiger partial charge in [0.25, 0.3) is 0 Å². The molecule has 3 nitrogen and oxygen atoms in total. The maximum atomic E-state index is 12.1. The summed E-state index contributed by atoms with van der Waals surface area (Å²) in [5.41, 5.74) is 0.387. The highest BCUT2D eigenvalue weighted by atomic mass is 16.5. The third kappa shape index (κ3) is 4.39. The summed E-state index contributed by atoms with van der Waals surface area (Å²) in [5, 5.41) is 0. The number of carbonyl (C=O) groups excluding carboxylic acids is 2. The molecular weight excluding hydrogens is 216 g/mol. The Morgan fingerprint density at radius 2 is 1.76 bits per heavy atom. The predicted octanol–water partition coefficient (Wildman–Crippen LogP) is 3.23. The van der Waals surface area contributed by atoms with Crippen molar-refractivity contribution in [3.05, 3.63) is 29.8 Å². The Kier molecular flexibility index (Phi) is 4.05. The van der Waals surface area contributed by atoms with Crippen molar-refractivity contribution in [3.63, 3.8) is 0 Å². The molecule has 0 fully saturated rings. The number of benzene rings is 1. The van der Waals surface area contributed by atoms with E-state index in [1.807, 2.05) is 20.8 Å². The molecule has 0 aliphatic heterocycles. The van der Waals surface area contributed by atoms with Crippen molar-refractivity contribution in [3.8, 4) is 5.75 Å². The fourth-order valence-corrected chi connectivity index (χ4v) is 1.52. The fraction of sp³-hybridized carbons (Fsp3) is 0.429. The summed E-state index contributed by atoms with van der Waals surface area (Å²) in [6.07, 6.45) is 0.422. The first kappa shape index (κ1) is 13.4. The molecule has 0 aliphatic carbocycles. The van der Waals surface area contributed by atoms with Crippen LogP contribution in [0.2, 0.25) is 0 Å². The molecule has 0 aromatic heterocycles. The van der Waals surface area contributed by atoms with Gasteiger partial charge in [-0.1, -0.05) is 32.9 Å². The number of ether oxygens (including phenoxy) is 1. The first-order chi connectivity index (χ1) is 7.79. The van der Waals surface area contributed by atoms with E-state index in [0.29, 0.717) is 17.7 Å². The van der Waals surface area contributed by atoms with E-state index in [-0.39, 0.29) is 11.2 Å². The van der Waals surface area contributed by atoms with Crippen molar-refractivity contribution in [1.29, 1.82) is 0 Å². The number of ketones is 1. The summed E-state index contributed by atoms with van der Waals surface area (Å²) in [7, 11) is 0. The summed E-state index contributed by atoms with van der Waals surface area (Å²) in [6, 6.07) is 6.83.